The molecule has 1 aromatic heterocycles. The molecular weight excluding hydrogens is 356 g/mol. The maximum absolute atomic E-state index is 12.3. The van der Waals surface area contributed by atoms with E-state index < -0.39 is 11.9 Å². The van der Waals surface area contributed by atoms with Crippen LogP contribution in [0.2, 0.25) is 0 Å². The molecule has 0 bridgehead atoms. The first-order valence-electron chi connectivity index (χ1n) is 8.06. The highest BCUT2D eigenvalue weighted by Gasteiger charge is 2.18. The van der Waals surface area contributed by atoms with Crippen molar-refractivity contribution in [1.82, 2.24) is 10.3 Å². The Hall–Kier alpha value is -3.23. The minimum absolute atomic E-state index is 0.104. The molecule has 0 aliphatic rings. The molecule has 0 saturated heterocycles. The lowest BCUT2D eigenvalue weighted by molar-refractivity contribution is -0.144. The summed E-state index contributed by atoms with van der Waals surface area (Å²) in [6.45, 7) is 3.15. The molecule has 1 aromatic carbocycles. The Kier molecular flexibility index (Phi) is 6.64. The number of hydrogen-bond donors (Lipinski definition) is 1. The number of amides is 1. The third kappa shape index (κ3) is 4.90. The highest BCUT2D eigenvalue weighted by atomic mass is 16.5. The number of carbonyl (C=O) groups is 2. The predicted octanol–water partition coefficient (Wildman–Crippen LogP) is 1.79. The number of ether oxygens (including phenoxy) is 4. The van der Waals surface area contributed by atoms with Gasteiger partial charge in [0.2, 0.25) is 11.6 Å². The summed E-state index contributed by atoms with van der Waals surface area (Å²) < 4.78 is 26.0. The lowest BCUT2D eigenvalue weighted by Crippen LogP contribution is -2.30. The molecule has 0 spiro atoms. The number of benzene rings is 1. The molecule has 0 aliphatic heterocycles. The van der Waals surface area contributed by atoms with Crippen molar-refractivity contribution >= 4 is 11.9 Å². The average molecular weight is 378 g/mol. The van der Waals surface area contributed by atoms with Gasteiger partial charge in [0.05, 0.1) is 27.0 Å². The number of carbonyl (C=O) groups excluding carboxylic acids is 2. The average Bonchev–Trinajstić information content (AvgIpc) is 3.00. The van der Waals surface area contributed by atoms with Crippen LogP contribution in [0, 0.1) is 13.8 Å². The van der Waals surface area contributed by atoms with Crippen molar-refractivity contribution in [2.24, 2.45) is 0 Å². The molecule has 1 heterocycles. The molecule has 9 nitrogen and oxygen atoms in total. The van der Waals surface area contributed by atoms with Crippen LogP contribution in [0.4, 0.5) is 0 Å². The number of esters is 1. The van der Waals surface area contributed by atoms with Gasteiger partial charge in [0.15, 0.2) is 18.1 Å². The van der Waals surface area contributed by atoms with Gasteiger partial charge in [-0.05, 0) is 26.0 Å². The first-order valence-corrected chi connectivity index (χ1v) is 8.06. The fourth-order valence-corrected chi connectivity index (χ4v) is 2.26. The molecule has 0 radical (unpaired) electrons. The van der Waals surface area contributed by atoms with Gasteiger partial charge in [0, 0.05) is 5.56 Å². The first kappa shape index (κ1) is 20.1. The van der Waals surface area contributed by atoms with Crippen LogP contribution in [0.5, 0.6) is 17.2 Å². The normalized spacial score (nSPS) is 10.3. The van der Waals surface area contributed by atoms with E-state index in [1.807, 2.05) is 0 Å². The van der Waals surface area contributed by atoms with Crippen LogP contribution in [0.15, 0.2) is 16.5 Å². The summed E-state index contributed by atoms with van der Waals surface area (Å²) >= 11 is 0. The van der Waals surface area contributed by atoms with Crippen LogP contribution >= 0.6 is 0 Å². The van der Waals surface area contributed by atoms with E-state index in [0.29, 0.717) is 28.9 Å². The molecule has 1 amide bonds. The minimum atomic E-state index is -0.621. The third-order valence-corrected chi connectivity index (χ3v) is 3.75. The number of aryl methyl sites for hydroxylation is 2. The summed E-state index contributed by atoms with van der Waals surface area (Å²) in [7, 11) is 4.36. The molecule has 1 N–H and O–H groups in total. The molecule has 27 heavy (non-hydrogen) atoms. The van der Waals surface area contributed by atoms with Crippen LogP contribution in [0.1, 0.15) is 27.7 Å². The number of oxazole rings is 1. The second-order valence-corrected chi connectivity index (χ2v) is 5.51. The topological polar surface area (TPSA) is 109 Å². The molecule has 9 heteroatoms. The minimum Gasteiger partial charge on any atom is -0.493 e. The van der Waals surface area contributed by atoms with Gasteiger partial charge in [-0.1, -0.05) is 0 Å². The summed E-state index contributed by atoms with van der Waals surface area (Å²) in [5, 5.41) is 2.48. The van der Waals surface area contributed by atoms with Crippen molar-refractivity contribution in [3.63, 3.8) is 0 Å². The van der Waals surface area contributed by atoms with E-state index in [1.54, 1.807) is 13.8 Å². The van der Waals surface area contributed by atoms with Crippen LogP contribution in [0.3, 0.4) is 0 Å². The molecule has 2 rings (SSSR count). The molecule has 0 aliphatic carbocycles. The van der Waals surface area contributed by atoms with Crippen molar-refractivity contribution in [2.75, 3.05) is 27.9 Å². The predicted molar refractivity (Wildman–Crippen MR) is 94.2 cm³/mol. The molecule has 0 fully saturated rings. The standard InChI is InChI=1S/C18H22N2O7/c1-10-11(2)27-15(20-10)9-26-16(21)8-19-18(22)12-6-13(23-3)17(25-5)14(7-12)24-4/h6-7H,8-9H2,1-5H3,(H,19,22). The highest BCUT2D eigenvalue weighted by molar-refractivity contribution is 5.97. The number of nitrogens with zero attached hydrogens (tertiary/aromatic N) is 1. The van der Waals surface area contributed by atoms with Crippen molar-refractivity contribution in [2.45, 2.75) is 20.5 Å². The van der Waals surface area contributed by atoms with Crippen LogP contribution < -0.4 is 19.5 Å². The van der Waals surface area contributed by atoms with Gasteiger partial charge < -0.3 is 28.7 Å². The lowest BCUT2D eigenvalue weighted by Gasteiger charge is -2.14. The van der Waals surface area contributed by atoms with E-state index >= 15 is 0 Å². The number of hydrogen-bond acceptors (Lipinski definition) is 8. The quantitative estimate of drug-likeness (QED) is 0.693. The molecular formula is C18H22N2O7. The maximum atomic E-state index is 12.3. The Balaban J connectivity index is 1.95. The Bertz CT molecular complexity index is 785. The summed E-state index contributed by atoms with van der Waals surface area (Å²) in [6, 6.07) is 2.97. The largest absolute Gasteiger partial charge is 0.493 e. The van der Waals surface area contributed by atoms with Gasteiger partial charge in [0.1, 0.15) is 12.3 Å². The molecule has 0 atom stereocenters. The van der Waals surface area contributed by atoms with E-state index in [-0.39, 0.29) is 18.7 Å². The Morgan fingerprint density at radius 1 is 1.07 bits per heavy atom. The van der Waals surface area contributed by atoms with Gasteiger partial charge in [-0.3, -0.25) is 9.59 Å². The SMILES string of the molecule is COc1cc(C(=O)NCC(=O)OCc2nc(C)c(C)o2)cc(OC)c1OC. The Labute approximate surface area is 156 Å². The number of nitrogens with one attached hydrogen (secondary N) is 1. The number of rotatable bonds is 8. The zero-order chi connectivity index (χ0) is 20.0. The monoisotopic (exact) mass is 378 g/mol. The zero-order valence-corrected chi connectivity index (χ0v) is 15.9. The Morgan fingerprint density at radius 2 is 1.70 bits per heavy atom. The second kappa shape index (κ2) is 8.93. The first-order chi connectivity index (χ1) is 12.9. The van der Waals surface area contributed by atoms with E-state index in [2.05, 4.69) is 10.3 Å². The maximum Gasteiger partial charge on any atom is 0.325 e. The van der Waals surface area contributed by atoms with Gasteiger partial charge in [-0.2, -0.15) is 0 Å². The van der Waals surface area contributed by atoms with Crippen molar-refractivity contribution in [3.05, 3.63) is 35.0 Å². The smallest absolute Gasteiger partial charge is 0.325 e. The summed E-state index contributed by atoms with van der Waals surface area (Å²) in [5.41, 5.74) is 0.980. The fourth-order valence-electron chi connectivity index (χ4n) is 2.26. The van der Waals surface area contributed by atoms with Gasteiger partial charge in [0.25, 0.3) is 5.91 Å². The highest BCUT2D eigenvalue weighted by Crippen LogP contribution is 2.38. The lowest BCUT2D eigenvalue weighted by atomic mass is 10.1. The van der Waals surface area contributed by atoms with E-state index in [4.69, 9.17) is 23.4 Å². The number of methoxy groups -OCH3 is 3. The van der Waals surface area contributed by atoms with Crippen LogP contribution in [0.25, 0.3) is 0 Å². The summed E-state index contributed by atoms with van der Waals surface area (Å²) in [5.74, 6) is 0.885. The van der Waals surface area contributed by atoms with Gasteiger partial charge in [-0.25, -0.2) is 4.98 Å². The van der Waals surface area contributed by atoms with Crippen LogP contribution in [-0.2, 0) is 16.1 Å². The fraction of sp³-hybridized carbons (Fsp3) is 0.389. The van der Waals surface area contributed by atoms with E-state index in [9.17, 15) is 9.59 Å². The van der Waals surface area contributed by atoms with Gasteiger partial charge in [-0.15, -0.1) is 0 Å². The summed E-state index contributed by atoms with van der Waals surface area (Å²) in [6.07, 6.45) is 0. The van der Waals surface area contributed by atoms with Crippen molar-refractivity contribution in [1.29, 1.82) is 0 Å². The van der Waals surface area contributed by atoms with Crippen molar-refractivity contribution in [3.8, 4) is 17.2 Å². The van der Waals surface area contributed by atoms with Gasteiger partial charge >= 0.3 is 5.97 Å². The molecule has 0 unspecified atom stereocenters. The Morgan fingerprint density at radius 3 is 2.19 bits per heavy atom. The summed E-state index contributed by atoms with van der Waals surface area (Å²) in [4.78, 5) is 28.2. The molecule has 146 valence electrons. The molecule has 2 aromatic rings. The van der Waals surface area contributed by atoms with Crippen molar-refractivity contribution < 1.29 is 33.0 Å². The van der Waals surface area contributed by atoms with E-state index in [0.717, 1.165) is 5.69 Å². The zero-order valence-electron chi connectivity index (χ0n) is 15.9. The van der Waals surface area contributed by atoms with E-state index in [1.165, 1.54) is 33.5 Å². The number of aromatic nitrogens is 1. The molecule has 0 saturated carbocycles. The van der Waals surface area contributed by atoms with Crippen LogP contribution in [-0.4, -0.2) is 44.7 Å². The third-order valence-electron chi connectivity index (χ3n) is 3.75. The second-order valence-electron chi connectivity index (χ2n) is 5.51.